The Morgan fingerprint density at radius 1 is 1.22 bits per heavy atom. The van der Waals surface area contributed by atoms with Gasteiger partial charge in [-0.25, -0.2) is 0 Å². The summed E-state index contributed by atoms with van der Waals surface area (Å²) >= 11 is 9.81. The maximum absolute atomic E-state index is 11.9. The van der Waals surface area contributed by atoms with Gasteiger partial charge in [-0.1, -0.05) is 23.7 Å². The Labute approximate surface area is 127 Å². The van der Waals surface area contributed by atoms with Crippen LogP contribution in [0, 0.1) is 0 Å². The fraction of sp³-hybridized carbons (Fsp3) is 0.0769. The van der Waals surface area contributed by atoms with Gasteiger partial charge in [-0.2, -0.15) is 0 Å². The minimum atomic E-state index is -1.00. The minimum absolute atomic E-state index is 0.514. The SMILES string of the molecule is [O-][S+](C=Cc1ccc(Br)s1)Cc1ccc(Cl)cc1. The van der Waals surface area contributed by atoms with Crippen LogP contribution in [0.5, 0.6) is 0 Å². The highest BCUT2D eigenvalue weighted by atomic mass is 79.9. The van der Waals surface area contributed by atoms with Crippen molar-refractivity contribution in [2.75, 3.05) is 0 Å². The summed E-state index contributed by atoms with van der Waals surface area (Å²) in [6.45, 7) is 0. The van der Waals surface area contributed by atoms with Gasteiger partial charge in [0.25, 0.3) is 0 Å². The fourth-order valence-electron chi connectivity index (χ4n) is 1.35. The summed E-state index contributed by atoms with van der Waals surface area (Å²) in [4.78, 5) is 1.09. The van der Waals surface area contributed by atoms with E-state index in [1.807, 2.05) is 42.5 Å². The summed E-state index contributed by atoms with van der Waals surface area (Å²) in [7, 11) is 0. The van der Waals surface area contributed by atoms with Crippen LogP contribution in [0.4, 0.5) is 0 Å². The maximum Gasteiger partial charge on any atom is 0.135 e. The van der Waals surface area contributed by atoms with E-state index < -0.39 is 11.2 Å². The van der Waals surface area contributed by atoms with E-state index >= 15 is 0 Å². The molecule has 0 bridgehead atoms. The molecule has 2 aromatic rings. The van der Waals surface area contributed by atoms with Gasteiger partial charge in [0.15, 0.2) is 0 Å². The van der Waals surface area contributed by atoms with E-state index in [2.05, 4.69) is 15.9 Å². The van der Waals surface area contributed by atoms with Crippen LogP contribution >= 0.6 is 38.9 Å². The average Bonchev–Trinajstić information content (AvgIpc) is 2.76. The summed E-state index contributed by atoms with van der Waals surface area (Å²) in [5.74, 6) is 0.514. The van der Waals surface area contributed by atoms with Gasteiger partial charge in [-0.15, -0.1) is 11.3 Å². The van der Waals surface area contributed by atoms with Gasteiger partial charge in [0.05, 0.1) is 3.79 Å². The second kappa shape index (κ2) is 6.78. The van der Waals surface area contributed by atoms with Crippen LogP contribution in [0.15, 0.2) is 45.6 Å². The largest absolute Gasteiger partial charge is 0.612 e. The lowest BCUT2D eigenvalue weighted by Crippen LogP contribution is -1.99. The van der Waals surface area contributed by atoms with E-state index in [0.717, 1.165) is 14.2 Å². The monoisotopic (exact) mass is 360 g/mol. The van der Waals surface area contributed by atoms with E-state index in [1.54, 1.807) is 16.7 Å². The predicted molar refractivity (Wildman–Crippen MR) is 84.4 cm³/mol. The molecule has 0 radical (unpaired) electrons. The van der Waals surface area contributed by atoms with E-state index in [4.69, 9.17) is 11.6 Å². The Kier molecular flexibility index (Phi) is 5.33. The summed E-state index contributed by atoms with van der Waals surface area (Å²) in [5.41, 5.74) is 1.02. The number of halogens is 2. The normalized spacial score (nSPS) is 13.1. The van der Waals surface area contributed by atoms with Crippen molar-refractivity contribution in [3.63, 3.8) is 0 Å². The Morgan fingerprint density at radius 2 is 1.94 bits per heavy atom. The van der Waals surface area contributed by atoms with Crippen LogP contribution in [0.1, 0.15) is 10.4 Å². The highest BCUT2D eigenvalue weighted by Crippen LogP contribution is 2.23. The molecule has 18 heavy (non-hydrogen) atoms. The standard InChI is InChI=1S/C13H10BrClOS2/c14-13-6-5-12(17-13)7-8-18(16)9-10-1-3-11(15)4-2-10/h1-8H,9H2. The van der Waals surface area contributed by atoms with Crippen LogP contribution in [0.3, 0.4) is 0 Å². The first kappa shape index (κ1) is 14.2. The van der Waals surface area contributed by atoms with Crippen LogP contribution in [0.2, 0.25) is 5.02 Å². The van der Waals surface area contributed by atoms with Crippen molar-refractivity contribution < 1.29 is 4.55 Å². The Morgan fingerprint density at radius 3 is 2.56 bits per heavy atom. The molecular formula is C13H10BrClOS2. The summed E-state index contributed by atoms with van der Waals surface area (Å²) < 4.78 is 12.9. The fourth-order valence-corrected chi connectivity index (χ4v) is 3.81. The molecule has 94 valence electrons. The second-order valence-corrected chi connectivity index (χ2v) is 7.85. The highest BCUT2D eigenvalue weighted by Gasteiger charge is 2.04. The van der Waals surface area contributed by atoms with Crippen molar-refractivity contribution in [3.8, 4) is 0 Å². The number of rotatable bonds is 4. The lowest BCUT2D eigenvalue weighted by Gasteiger charge is -2.05. The third kappa shape index (κ3) is 4.44. The van der Waals surface area contributed by atoms with E-state index in [0.29, 0.717) is 10.8 Å². The number of hydrogen-bond acceptors (Lipinski definition) is 2. The molecule has 0 spiro atoms. The van der Waals surface area contributed by atoms with Gasteiger partial charge in [-0.05, 0) is 51.4 Å². The van der Waals surface area contributed by atoms with Crippen molar-refractivity contribution in [1.29, 1.82) is 0 Å². The first-order valence-electron chi connectivity index (χ1n) is 5.18. The molecule has 0 aliphatic heterocycles. The zero-order valence-electron chi connectivity index (χ0n) is 9.31. The molecule has 1 atom stereocenters. The quantitative estimate of drug-likeness (QED) is 0.696. The molecule has 1 unspecified atom stereocenters. The summed E-state index contributed by atoms with van der Waals surface area (Å²) in [5, 5.41) is 2.43. The van der Waals surface area contributed by atoms with Gasteiger partial charge in [0, 0.05) is 21.5 Å². The lowest BCUT2D eigenvalue weighted by molar-refractivity contribution is 0.603. The smallest absolute Gasteiger partial charge is 0.135 e. The first-order valence-corrected chi connectivity index (χ1v) is 8.55. The molecule has 1 heterocycles. The van der Waals surface area contributed by atoms with Gasteiger partial charge < -0.3 is 4.55 Å². The molecule has 1 nitrogen and oxygen atoms in total. The molecule has 0 amide bonds. The van der Waals surface area contributed by atoms with Gasteiger partial charge in [-0.3, -0.25) is 0 Å². The highest BCUT2D eigenvalue weighted by molar-refractivity contribution is 9.11. The van der Waals surface area contributed by atoms with Crippen molar-refractivity contribution >= 4 is 56.1 Å². The minimum Gasteiger partial charge on any atom is -0.612 e. The number of thiophene rings is 1. The molecule has 0 aliphatic carbocycles. The van der Waals surface area contributed by atoms with Crippen LogP contribution in [0.25, 0.3) is 6.08 Å². The Bertz CT molecular complexity index is 536. The van der Waals surface area contributed by atoms with E-state index in [9.17, 15) is 4.55 Å². The molecule has 1 aromatic heterocycles. The second-order valence-electron chi connectivity index (χ2n) is 3.60. The average molecular weight is 362 g/mol. The Balaban J connectivity index is 1.94. The first-order chi connectivity index (χ1) is 8.63. The molecule has 0 N–H and O–H groups in total. The zero-order chi connectivity index (χ0) is 13.0. The summed E-state index contributed by atoms with van der Waals surface area (Å²) in [6, 6.07) is 11.4. The third-order valence-corrected chi connectivity index (χ3v) is 5.10. The van der Waals surface area contributed by atoms with Gasteiger partial charge in [0.2, 0.25) is 0 Å². The predicted octanol–water partition coefficient (Wildman–Crippen LogP) is 5.08. The van der Waals surface area contributed by atoms with Crippen LogP contribution in [-0.2, 0) is 16.9 Å². The van der Waals surface area contributed by atoms with Crippen molar-refractivity contribution in [2.24, 2.45) is 0 Å². The lowest BCUT2D eigenvalue weighted by atomic mass is 10.2. The number of benzene rings is 1. The molecule has 1 aromatic carbocycles. The molecule has 0 aliphatic rings. The third-order valence-electron chi connectivity index (χ3n) is 2.20. The molecule has 0 fully saturated rings. The van der Waals surface area contributed by atoms with Crippen molar-refractivity contribution in [1.82, 2.24) is 0 Å². The maximum atomic E-state index is 11.9. The Hall–Kier alpha value is -0.260. The number of hydrogen-bond donors (Lipinski definition) is 0. The van der Waals surface area contributed by atoms with Gasteiger partial charge in [0.1, 0.15) is 11.2 Å². The van der Waals surface area contributed by atoms with Crippen LogP contribution < -0.4 is 0 Å². The van der Waals surface area contributed by atoms with Crippen molar-refractivity contribution in [3.05, 3.63) is 61.1 Å². The van der Waals surface area contributed by atoms with Crippen molar-refractivity contribution in [2.45, 2.75) is 5.75 Å². The molecule has 5 heteroatoms. The molecular weight excluding hydrogens is 352 g/mol. The zero-order valence-corrected chi connectivity index (χ0v) is 13.3. The summed E-state index contributed by atoms with van der Waals surface area (Å²) in [6.07, 6.45) is 1.89. The molecule has 0 saturated carbocycles. The molecule has 2 rings (SSSR count). The van der Waals surface area contributed by atoms with E-state index in [1.165, 1.54) is 0 Å². The van der Waals surface area contributed by atoms with Crippen LogP contribution in [-0.4, -0.2) is 4.55 Å². The van der Waals surface area contributed by atoms with E-state index in [-0.39, 0.29) is 0 Å². The molecule has 0 saturated heterocycles. The van der Waals surface area contributed by atoms with Gasteiger partial charge >= 0.3 is 0 Å². The topological polar surface area (TPSA) is 23.1 Å².